The van der Waals surface area contributed by atoms with E-state index in [0.29, 0.717) is 18.3 Å². The molecule has 90 valence electrons. The molecule has 16 heavy (non-hydrogen) atoms. The topological polar surface area (TPSA) is 29.1 Å². The first-order valence-electron chi connectivity index (χ1n) is 5.48. The SMILES string of the molecule is CNC(=O)CC(CC(C)C)c1ccc(Br)s1. The predicted octanol–water partition coefficient (Wildman–Crippen LogP) is 3.78. The molecule has 0 aliphatic carbocycles. The van der Waals surface area contributed by atoms with E-state index in [0.717, 1.165) is 10.2 Å². The van der Waals surface area contributed by atoms with Crippen LogP contribution < -0.4 is 5.32 Å². The van der Waals surface area contributed by atoms with Crippen molar-refractivity contribution in [3.63, 3.8) is 0 Å². The summed E-state index contributed by atoms with van der Waals surface area (Å²) in [5.41, 5.74) is 0. The minimum Gasteiger partial charge on any atom is -0.359 e. The highest BCUT2D eigenvalue weighted by Gasteiger charge is 2.18. The van der Waals surface area contributed by atoms with E-state index < -0.39 is 0 Å². The number of nitrogens with one attached hydrogen (secondary N) is 1. The third kappa shape index (κ3) is 4.26. The predicted molar refractivity (Wildman–Crippen MR) is 72.9 cm³/mol. The van der Waals surface area contributed by atoms with Crippen LogP contribution in [0.1, 0.15) is 37.5 Å². The van der Waals surface area contributed by atoms with Crippen molar-refractivity contribution in [3.8, 4) is 0 Å². The molecule has 1 heterocycles. The zero-order valence-electron chi connectivity index (χ0n) is 9.92. The Bertz CT molecular complexity index is 349. The third-order valence-electron chi connectivity index (χ3n) is 2.46. The Morgan fingerprint density at radius 1 is 1.50 bits per heavy atom. The monoisotopic (exact) mass is 303 g/mol. The van der Waals surface area contributed by atoms with Gasteiger partial charge in [-0.25, -0.2) is 0 Å². The molecule has 0 fully saturated rings. The number of halogens is 1. The highest BCUT2D eigenvalue weighted by atomic mass is 79.9. The average molecular weight is 304 g/mol. The standard InChI is InChI=1S/C12H18BrNOS/c1-8(2)6-9(7-12(15)14-3)10-4-5-11(13)16-10/h4-5,8-9H,6-7H2,1-3H3,(H,14,15). The second kappa shape index (κ2) is 6.40. The van der Waals surface area contributed by atoms with Crippen molar-refractivity contribution in [2.45, 2.75) is 32.6 Å². The van der Waals surface area contributed by atoms with Gasteiger partial charge in [0, 0.05) is 24.3 Å². The van der Waals surface area contributed by atoms with E-state index in [1.807, 2.05) is 0 Å². The maximum atomic E-state index is 11.5. The van der Waals surface area contributed by atoms with E-state index >= 15 is 0 Å². The quantitative estimate of drug-likeness (QED) is 0.881. The Hall–Kier alpha value is -0.350. The normalized spacial score (nSPS) is 12.8. The number of carbonyl (C=O) groups excluding carboxylic acids is 1. The highest BCUT2D eigenvalue weighted by Crippen LogP contribution is 2.34. The maximum Gasteiger partial charge on any atom is 0.220 e. The maximum absolute atomic E-state index is 11.5. The number of carbonyl (C=O) groups is 1. The second-order valence-corrected chi connectivity index (χ2v) is 6.84. The van der Waals surface area contributed by atoms with Crippen LogP contribution in [0.2, 0.25) is 0 Å². The first-order chi connectivity index (χ1) is 7.52. The molecule has 4 heteroatoms. The van der Waals surface area contributed by atoms with Gasteiger partial charge in [0.15, 0.2) is 0 Å². The number of hydrogen-bond acceptors (Lipinski definition) is 2. The molecule has 0 spiro atoms. The van der Waals surface area contributed by atoms with Gasteiger partial charge in [0.2, 0.25) is 5.91 Å². The number of hydrogen-bond donors (Lipinski definition) is 1. The fourth-order valence-corrected chi connectivity index (χ4v) is 3.28. The van der Waals surface area contributed by atoms with Crippen molar-refractivity contribution in [1.29, 1.82) is 0 Å². The molecular formula is C12H18BrNOS. The summed E-state index contributed by atoms with van der Waals surface area (Å²) < 4.78 is 1.13. The lowest BCUT2D eigenvalue weighted by Gasteiger charge is -2.16. The molecule has 0 saturated heterocycles. The second-order valence-electron chi connectivity index (χ2n) is 4.35. The van der Waals surface area contributed by atoms with Crippen LogP contribution in [0.3, 0.4) is 0 Å². The molecule has 1 N–H and O–H groups in total. The van der Waals surface area contributed by atoms with Gasteiger partial charge in [0.1, 0.15) is 0 Å². The van der Waals surface area contributed by atoms with Crippen LogP contribution in [-0.2, 0) is 4.79 Å². The summed E-state index contributed by atoms with van der Waals surface area (Å²) in [6.07, 6.45) is 1.64. The zero-order valence-corrected chi connectivity index (χ0v) is 12.3. The van der Waals surface area contributed by atoms with Crippen LogP contribution in [0, 0.1) is 5.92 Å². The summed E-state index contributed by atoms with van der Waals surface area (Å²) in [5.74, 6) is 1.07. The Balaban J connectivity index is 2.74. The average Bonchev–Trinajstić information content (AvgIpc) is 2.63. The molecular weight excluding hydrogens is 286 g/mol. The van der Waals surface area contributed by atoms with Gasteiger partial charge in [-0.2, -0.15) is 0 Å². The van der Waals surface area contributed by atoms with E-state index in [4.69, 9.17) is 0 Å². The molecule has 1 aromatic rings. The Labute approximate surface area is 110 Å². The molecule has 0 aromatic carbocycles. The number of rotatable bonds is 5. The van der Waals surface area contributed by atoms with Crippen LogP contribution >= 0.6 is 27.3 Å². The summed E-state index contributed by atoms with van der Waals surface area (Å²) in [6.45, 7) is 4.39. The molecule has 0 aliphatic heterocycles. The van der Waals surface area contributed by atoms with Gasteiger partial charge in [-0.1, -0.05) is 13.8 Å². The van der Waals surface area contributed by atoms with Gasteiger partial charge >= 0.3 is 0 Å². The first-order valence-corrected chi connectivity index (χ1v) is 7.09. The molecule has 1 amide bonds. The van der Waals surface area contributed by atoms with Crippen LogP contribution in [0.5, 0.6) is 0 Å². The molecule has 1 atom stereocenters. The largest absolute Gasteiger partial charge is 0.359 e. The van der Waals surface area contributed by atoms with Crippen LogP contribution in [0.15, 0.2) is 15.9 Å². The van der Waals surface area contributed by atoms with E-state index in [-0.39, 0.29) is 5.91 Å². The Kier molecular flexibility index (Phi) is 5.49. The third-order valence-corrected chi connectivity index (χ3v) is 4.25. The summed E-state index contributed by atoms with van der Waals surface area (Å²) in [7, 11) is 1.69. The van der Waals surface area contributed by atoms with Crippen molar-refractivity contribution < 1.29 is 4.79 Å². The molecule has 0 radical (unpaired) electrons. The van der Waals surface area contributed by atoms with Crippen molar-refractivity contribution in [1.82, 2.24) is 5.32 Å². The minimum atomic E-state index is 0.121. The zero-order chi connectivity index (χ0) is 12.1. The number of thiophene rings is 1. The lowest BCUT2D eigenvalue weighted by atomic mass is 9.92. The Morgan fingerprint density at radius 3 is 2.62 bits per heavy atom. The minimum absolute atomic E-state index is 0.121. The molecule has 0 aliphatic rings. The molecule has 2 nitrogen and oxygen atoms in total. The van der Waals surface area contributed by atoms with Gasteiger partial charge in [-0.15, -0.1) is 11.3 Å². The lowest BCUT2D eigenvalue weighted by molar-refractivity contribution is -0.121. The molecule has 1 aromatic heterocycles. The van der Waals surface area contributed by atoms with E-state index in [1.54, 1.807) is 18.4 Å². The summed E-state index contributed by atoms with van der Waals surface area (Å²) in [6, 6.07) is 4.17. The smallest absolute Gasteiger partial charge is 0.220 e. The molecule has 0 saturated carbocycles. The van der Waals surface area contributed by atoms with Gasteiger partial charge in [-0.3, -0.25) is 4.79 Å². The van der Waals surface area contributed by atoms with E-state index in [2.05, 4.69) is 47.2 Å². The molecule has 1 rings (SSSR count). The van der Waals surface area contributed by atoms with Crippen molar-refractivity contribution >= 4 is 33.2 Å². The van der Waals surface area contributed by atoms with Gasteiger partial charge in [0.25, 0.3) is 0 Å². The van der Waals surface area contributed by atoms with Crippen molar-refractivity contribution in [3.05, 3.63) is 20.8 Å². The van der Waals surface area contributed by atoms with Crippen LogP contribution in [0.4, 0.5) is 0 Å². The molecule has 0 bridgehead atoms. The highest BCUT2D eigenvalue weighted by molar-refractivity contribution is 9.11. The van der Waals surface area contributed by atoms with Gasteiger partial charge in [0.05, 0.1) is 3.79 Å². The number of amides is 1. The lowest BCUT2D eigenvalue weighted by Crippen LogP contribution is -2.20. The summed E-state index contributed by atoms with van der Waals surface area (Å²) >= 11 is 5.19. The van der Waals surface area contributed by atoms with Crippen molar-refractivity contribution in [2.75, 3.05) is 7.05 Å². The first kappa shape index (κ1) is 13.7. The van der Waals surface area contributed by atoms with Crippen LogP contribution in [-0.4, -0.2) is 13.0 Å². The van der Waals surface area contributed by atoms with Gasteiger partial charge < -0.3 is 5.32 Å². The fourth-order valence-electron chi connectivity index (χ4n) is 1.74. The summed E-state index contributed by atoms with van der Waals surface area (Å²) in [5, 5.41) is 2.70. The van der Waals surface area contributed by atoms with E-state index in [9.17, 15) is 4.79 Å². The van der Waals surface area contributed by atoms with Crippen molar-refractivity contribution in [2.24, 2.45) is 5.92 Å². The van der Waals surface area contributed by atoms with E-state index in [1.165, 1.54) is 4.88 Å². The summed E-state index contributed by atoms with van der Waals surface area (Å²) in [4.78, 5) is 12.8. The molecule has 1 unspecified atom stereocenters. The van der Waals surface area contributed by atoms with Crippen LogP contribution in [0.25, 0.3) is 0 Å². The van der Waals surface area contributed by atoms with Gasteiger partial charge in [-0.05, 0) is 40.4 Å². The fraction of sp³-hybridized carbons (Fsp3) is 0.583. The Morgan fingerprint density at radius 2 is 2.19 bits per heavy atom.